The molecule has 1 heterocycles. The molecule has 0 saturated carbocycles. The number of furan rings is 1. The Morgan fingerprint density at radius 1 is 1.53 bits per heavy atom. The molecule has 0 saturated heterocycles. The van der Waals surface area contributed by atoms with Gasteiger partial charge in [0.05, 0.1) is 12.1 Å². The lowest BCUT2D eigenvalue weighted by molar-refractivity contribution is 0.0406. The molecule has 1 rings (SSSR count). The average molecular weight is 211 g/mol. The number of nitrogens with zero attached hydrogens (tertiary/aromatic N) is 1. The summed E-state index contributed by atoms with van der Waals surface area (Å²) in [6.45, 7) is 4.63. The van der Waals surface area contributed by atoms with E-state index in [0.717, 1.165) is 5.76 Å². The van der Waals surface area contributed by atoms with Crippen LogP contribution in [0.1, 0.15) is 30.2 Å². The zero-order chi connectivity index (χ0) is 11.5. The monoisotopic (exact) mass is 211 g/mol. The maximum absolute atomic E-state index is 10.4. The summed E-state index contributed by atoms with van der Waals surface area (Å²) >= 11 is 0. The minimum absolute atomic E-state index is 0.335. The van der Waals surface area contributed by atoms with Crippen molar-refractivity contribution in [3.63, 3.8) is 0 Å². The van der Waals surface area contributed by atoms with E-state index >= 15 is 0 Å². The van der Waals surface area contributed by atoms with E-state index < -0.39 is 5.60 Å². The Kier molecular flexibility index (Phi) is 3.66. The Morgan fingerprint density at radius 3 is 2.67 bits per heavy atom. The van der Waals surface area contributed by atoms with Crippen molar-refractivity contribution >= 4 is 6.29 Å². The molecule has 0 atom stereocenters. The van der Waals surface area contributed by atoms with Crippen molar-refractivity contribution in [2.45, 2.75) is 26.0 Å². The van der Waals surface area contributed by atoms with Gasteiger partial charge in [0.25, 0.3) is 0 Å². The van der Waals surface area contributed by atoms with Crippen molar-refractivity contribution in [2.24, 2.45) is 0 Å². The summed E-state index contributed by atoms with van der Waals surface area (Å²) in [6.07, 6.45) is 0.680. The molecule has 0 aromatic carbocycles. The van der Waals surface area contributed by atoms with Gasteiger partial charge in [-0.1, -0.05) is 0 Å². The molecule has 1 aromatic heterocycles. The summed E-state index contributed by atoms with van der Waals surface area (Å²) in [5.74, 6) is 1.06. The van der Waals surface area contributed by atoms with Crippen molar-refractivity contribution in [2.75, 3.05) is 13.6 Å². The van der Waals surface area contributed by atoms with E-state index in [9.17, 15) is 9.90 Å². The van der Waals surface area contributed by atoms with Crippen LogP contribution in [0.3, 0.4) is 0 Å². The lowest BCUT2D eigenvalue weighted by Crippen LogP contribution is -2.35. The number of hydrogen-bond acceptors (Lipinski definition) is 4. The smallest absolute Gasteiger partial charge is 0.185 e. The van der Waals surface area contributed by atoms with Gasteiger partial charge in [-0.3, -0.25) is 9.69 Å². The molecule has 4 nitrogen and oxygen atoms in total. The first kappa shape index (κ1) is 11.9. The number of carbonyl (C=O) groups excluding carboxylic acids is 1. The fraction of sp³-hybridized carbons (Fsp3) is 0.545. The van der Waals surface area contributed by atoms with Crippen molar-refractivity contribution in [3.05, 3.63) is 23.7 Å². The molecule has 0 fully saturated rings. The second kappa shape index (κ2) is 4.59. The van der Waals surface area contributed by atoms with Crippen LogP contribution in [-0.4, -0.2) is 35.5 Å². The van der Waals surface area contributed by atoms with Crippen LogP contribution < -0.4 is 0 Å². The van der Waals surface area contributed by atoms with Gasteiger partial charge in [0, 0.05) is 6.54 Å². The maximum Gasteiger partial charge on any atom is 0.185 e. The van der Waals surface area contributed by atoms with E-state index in [1.54, 1.807) is 26.0 Å². The zero-order valence-electron chi connectivity index (χ0n) is 9.36. The molecule has 0 aliphatic rings. The van der Waals surface area contributed by atoms with Gasteiger partial charge in [0.2, 0.25) is 0 Å². The third kappa shape index (κ3) is 4.27. The number of hydrogen-bond donors (Lipinski definition) is 1. The Bertz CT molecular complexity index is 325. The molecule has 0 bridgehead atoms. The zero-order valence-corrected chi connectivity index (χ0v) is 9.36. The van der Waals surface area contributed by atoms with Crippen LogP contribution in [0, 0.1) is 0 Å². The molecule has 1 N–H and O–H groups in total. The minimum Gasteiger partial charge on any atom is -0.457 e. The van der Waals surface area contributed by atoms with Gasteiger partial charge in [0.15, 0.2) is 12.0 Å². The second-order valence-electron chi connectivity index (χ2n) is 4.41. The largest absolute Gasteiger partial charge is 0.457 e. The normalized spacial score (nSPS) is 12.1. The van der Waals surface area contributed by atoms with Crippen molar-refractivity contribution < 1.29 is 14.3 Å². The average Bonchev–Trinajstić information content (AvgIpc) is 2.48. The summed E-state index contributed by atoms with van der Waals surface area (Å²) in [5, 5.41) is 9.59. The second-order valence-corrected chi connectivity index (χ2v) is 4.41. The third-order valence-electron chi connectivity index (χ3n) is 1.88. The van der Waals surface area contributed by atoms with E-state index in [1.165, 1.54) is 0 Å². The molecule has 0 unspecified atom stereocenters. The Balaban J connectivity index is 2.51. The summed E-state index contributed by atoms with van der Waals surface area (Å²) in [7, 11) is 1.89. The van der Waals surface area contributed by atoms with Crippen LogP contribution in [0.2, 0.25) is 0 Å². The van der Waals surface area contributed by atoms with Gasteiger partial charge in [-0.2, -0.15) is 0 Å². The van der Waals surface area contributed by atoms with Gasteiger partial charge >= 0.3 is 0 Å². The number of carbonyl (C=O) groups is 1. The summed E-state index contributed by atoms with van der Waals surface area (Å²) in [5.41, 5.74) is -0.727. The van der Waals surface area contributed by atoms with Gasteiger partial charge in [0.1, 0.15) is 5.76 Å². The van der Waals surface area contributed by atoms with Crippen molar-refractivity contribution in [1.82, 2.24) is 4.90 Å². The lowest BCUT2D eigenvalue weighted by Gasteiger charge is -2.24. The van der Waals surface area contributed by atoms with Gasteiger partial charge in [-0.25, -0.2) is 0 Å². The van der Waals surface area contributed by atoms with Crippen LogP contribution in [0.25, 0.3) is 0 Å². The van der Waals surface area contributed by atoms with Gasteiger partial charge in [-0.05, 0) is 33.0 Å². The number of likely N-dealkylation sites (N-methyl/N-ethyl adjacent to an activating group) is 1. The van der Waals surface area contributed by atoms with Crippen molar-refractivity contribution in [1.29, 1.82) is 0 Å². The highest BCUT2D eigenvalue weighted by Crippen LogP contribution is 2.10. The summed E-state index contributed by atoms with van der Waals surface area (Å²) < 4.78 is 5.23. The third-order valence-corrected chi connectivity index (χ3v) is 1.88. The van der Waals surface area contributed by atoms with Crippen LogP contribution in [-0.2, 0) is 6.54 Å². The highest BCUT2D eigenvalue weighted by molar-refractivity contribution is 5.70. The molecule has 0 radical (unpaired) electrons. The Labute approximate surface area is 89.5 Å². The molecular weight excluding hydrogens is 194 g/mol. The summed E-state index contributed by atoms with van der Waals surface area (Å²) in [6, 6.07) is 3.41. The molecule has 0 aliphatic carbocycles. The molecule has 4 heteroatoms. The molecular formula is C11H17NO3. The minimum atomic E-state index is -0.727. The number of rotatable bonds is 5. The van der Waals surface area contributed by atoms with Crippen molar-refractivity contribution in [3.8, 4) is 0 Å². The molecule has 15 heavy (non-hydrogen) atoms. The van der Waals surface area contributed by atoms with Crippen LogP contribution in [0.15, 0.2) is 16.5 Å². The van der Waals surface area contributed by atoms with Gasteiger partial charge < -0.3 is 9.52 Å². The maximum atomic E-state index is 10.4. The molecule has 84 valence electrons. The predicted molar refractivity (Wildman–Crippen MR) is 56.7 cm³/mol. The fourth-order valence-electron chi connectivity index (χ4n) is 1.53. The Morgan fingerprint density at radius 2 is 2.20 bits per heavy atom. The van der Waals surface area contributed by atoms with E-state index in [4.69, 9.17) is 4.42 Å². The molecule has 1 aromatic rings. The predicted octanol–water partition coefficient (Wildman–Crippen LogP) is 1.29. The van der Waals surface area contributed by atoms with Gasteiger partial charge in [-0.15, -0.1) is 0 Å². The molecule has 0 amide bonds. The highest BCUT2D eigenvalue weighted by atomic mass is 16.3. The first-order chi connectivity index (χ1) is 6.90. The number of aliphatic hydroxyl groups is 1. The Hall–Kier alpha value is -1.13. The van der Waals surface area contributed by atoms with E-state index in [1.807, 2.05) is 11.9 Å². The highest BCUT2D eigenvalue weighted by Gasteiger charge is 2.16. The van der Waals surface area contributed by atoms with Crippen LogP contribution in [0.4, 0.5) is 0 Å². The van der Waals surface area contributed by atoms with E-state index in [0.29, 0.717) is 25.1 Å². The SMILES string of the molecule is CN(Cc1ccc(C=O)o1)CC(C)(C)O. The quantitative estimate of drug-likeness (QED) is 0.746. The van der Waals surface area contributed by atoms with Crippen LogP contribution >= 0.6 is 0 Å². The van der Waals surface area contributed by atoms with E-state index in [-0.39, 0.29) is 0 Å². The first-order valence-electron chi connectivity index (χ1n) is 4.85. The van der Waals surface area contributed by atoms with E-state index in [2.05, 4.69) is 0 Å². The molecule has 0 aliphatic heterocycles. The molecule has 0 spiro atoms. The standard InChI is InChI=1S/C11H17NO3/c1-11(2,14)8-12(3)6-9-4-5-10(7-13)15-9/h4-5,7,14H,6,8H2,1-3H3. The fourth-order valence-corrected chi connectivity index (χ4v) is 1.53. The number of aldehydes is 1. The summed E-state index contributed by atoms with van der Waals surface area (Å²) in [4.78, 5) is 12.3. The first-order valence-corrected chi connectivity index (χ1v) is 4.85. The topological polar surface area (TPSA) is 53.7 Å². The van der Waals surface area contributed by atoms with Crippen LogP contribution in [0.5, 0.6) is 0 Å². The lowest BCUT2D eigenvalue weighted by atomic mass is 10.1.